The van der Waals surface area contributed by atoms with Crippen molar-refractivity contribution in [3.05, 3.63) is 90.5 Å². The van der Waals surface area contributed by atoms with Crippen molar-refractivity contribution in [3.63, 3.8) is 0 Å². The van der Waals surface area contributed by atoms with Crippen molar-refractivity contribution in [2.45, 2.75) is 0 Å². The van der Waals surface area contributed by atoms with Crippen LogP contribution in [0.4, 0.5) is 5.69 Å². The lowest BCUT2D eigenvalue weighted by atomic mass is 10.2. The van der Waals surface area contributed by atoms with E-state index in [0.29, 0.717) is 17.0 Å². The van der Waals surface area contributed by atoms with Crippen molar-refractivity contribution in [2.75, 3.05) is 5.32 Å². The molecule has 3 aromatic carbocycles. The minimum Gasteiger partial charge on any atom is -0.457 e. The molecule has 6 heteroatoms. The molecule has 2 N–H and O–H groups in total. The zero-order valence-electron chi connectivity index (χ0n) is 14.3. The summed E-state index contributed by atoms with van der Waals surface area (Å²) in [6.45, 7) is 0. The molecule has 0 bridgehead atoms. The van der Waals surface area contributed by atoms with Gasteiger partial charge in [0.1, 0.15) is 11.5 Å². The van der Waals surface area contributed by atoms with Gasteiger partial charge in [-0.2, -0.15) is 5.10 Å². The predicted molar refractivity (Wildman–Crippen MR) is 104 cm³/mol. The van der Waals surface area contributed by atoms with Crippen molar-refractivity contribution in [1.29, 1.82) is 0 Å². The lowest BCUT2D eigenvalue weighted by molar-refractivity contribution is -0.136. The molecule has 3 aromatic rings. The number of hydrazone groups is 1. The Labute approximate surface area is 156 Å². The number of carbonyl (C=O) groups is 2. The molecule has 0 radical (unpaired) electrons. The van der Waals surface area contributed by atoms with E-state index in [9.17, 15) is 9.59 Å². The van der Waals surface area contributed by atoms with Crippen LogP contribution in [0.5, 0.6) is 11.5 Å². The Hall–Kier alpha value is -3.93. The molecule has 27 heavy (non-hydrogen) atoms. The summed E-state index contributed by atoms with van der Waals surface area (Å²) >= 11 is 0. The number of carbonyl (C=O) groups excluding carboxylic acids is 2. The normalized spacial score (nSPS) is 10.4. The first-order valence-electron chi connectivity index (χ1n) is 8.23. The first kappa shape index (κ1) is 17.9. The molecule has 134 valence electrons. The molecule has 0 aliphatic carbocycles. The molecule has 0 spiro atoms. The van der Waals surface area contributed by atoms with Crippen LogP contribution in [0.1, 0.15) is 5.56 Å². The summed E-state index contributed by atoms with van der Waals surface area (Å²) in [6.07, 6.45) is 1.44. The molecular weight excluding hydrogens is 342 g/mol. The van der Waals surface area contributed by atoms with Crippen LogP contribution in [0.15, 0.2) is 90.0 Å². The number of anilines is 1. The van der Waals surface area contributed by atoms with Crippen molar-refractivity contribution < 1.29 is 14.3 Å². The van der Waals surface area contributed by atoms with Crippen LogP contribution in [-0.4, -0.2) is 18.0 Å². The summed E-state index contributed by atoms with van der Waals surface area (Å²) in [4.78, 5) is 23.6. The third kappa shape index (κ3) is 5.54. The van der Waals surface area contributed by atoms with Gasteiger partial charge in [0.05, 0.1) is 6.21 Å². The highest BCUT2D eigenvalue weighted by Crippen LogP contribution is 2.21. The zero-order valence-corrected chi connectivity index (χ0v) is 14.3. The monoisotopic (exact) mass is 359 g/mol. The molecule has 6 nitrogen and oxygen atoms in total. The van der Waals surface area contributed by atoms with Gasteiger partial charge in [0, 0.05) is 5.69 Å². The second kappa shape index (κ2) is 8.96. The maximum Gasteiger partial charge on any atom is 0.329 e. The molecule has 2 amide bonds. The van der Waals surface area contributed by atoms with Gasteiger partial charge in [-0.3, -0.25) is 9.59 Å². The smallest absolute Gasteiger partial charge is 0.329 e. The minimum absolute atomic E-state index is 0.535. The Morgan fingerprint density at radius 1 is 0.778 bits per heavy atom. The van der Waals surface area contributed by atoms with Gasteiger partial charge in [-0.05, 0) is 42.0 Å². The van der Waals surface area contributed by atoms with Crippen LogP contribution < -0.4 is 15.5 Å². The molecule has 0 heterocycles. The van der Waals surface area contributed by atoms with Crippen molar-refractivity contribution in [1.82, 2.24) is 5.43 Å². The molecule has 0 aliphatic heterocycles. The van der Waals surface area contributed by atoms with Gasteiger partial charge in [0.2, 0.25) is 0 Å². The second-order valence-corrected chi connectivity index (χ2v) is 5.51. The van der Waals surface area contributed by atoms with E-state index < -0.39 is 11.8 Å². The van der Waals surface area contributed by atoms with Gasteiger partial charge in [-0.1, -0.05) is 48.5 Å². The Morgan fingerprint density at radius 3 is 2.19 bits per heavy atom. The molecule has 0 aromatic heterocycles. The van der Waals surface area contributed by atoms with Crippen LogP contribution in [0.25, 0.3) is 0 Å². The van der Waals surface area contributed by atoms with Crippen LogP contribution in [0.2, 0.25) is 0 Å². The average Bonchev–Trinajstić information content (AvgIpc) is 2.70. The summed E-state index contributed by atoms with van der Waals surface area (Å²) < 4.78 is 5.74. The number of hydrogen-bond acceptors (Lipinski definition) is 4. The largest absolute Gasteiger partial charge is 0.457 e. The molecule has 0 aliphatic rings. The number of para-hydroxylation sites is 2. The first-order valence-corrected chi connectivity index (χ1v) is 8.23. The standard InChI is InChI=1S/C21H17N3O3/c25-20(23-17-9-3-1-4-10-17)21(26)24-22-15-16-8-7-13-19(14-16)27-18-11-5-2-6-12-18/h1-15H,(H,23,25)(H,24,26). The summed E-state index contributed by atoms with van der Waals surface area (Å²) in [5.74, 6) is -0.290. The van der Waals surface area contributed by atoms with E-state index in [1.807, 2.05) is 48.5 Å². The SMILES string of the molecule is O=C(NN=Cc1cccc(Oc2ccccc2)c1)C(=O)Nc1ccccc1. The molecule has 3 rings (SSSR count). The van der Waals surface area contributed by atoms with Crippen LogP contribution in [-0.2, 0) is 9.59 Å². The van der Waals surface area contributed by atoms with E-state index in [-0.39, 0.29) is 0 Å². The molecular formula is C21H17N3O3. The zero-order chi connectivity index (χ0) is 18.9. The van der Waals surface area contributed by atoms with Crippen molar-refractivity contribution >= 4 is 23.7 Å². The molecule has 0 saturated carbocycles. The lowest BCUT2D eigenvalue weighted by Gasteiger charge is -2.06. The molecule has 0 fully saturated rings. The Kier molecular flexibility index (Phi) is 5.93. The van der Waals surface area contributed by atoms with Gasteiger partial charge >= 0.3 is 11.8 Å². The van der Waals surface area contributed by atoms with Crippen molar-refractivity contribution in [3.8, 4) is 11.5 Å². The van der Waals surface area contributed by atoms with Gasteiger partial charge in [0.25, 0.3) is 0 Å². The highest BCUT2D eigenvalue weighted by atomic mass is 16.5. The fourth-order valence-corrected chi connectivity index (χ4v) is 2.21. The van der Waals surface area contributed by atoms with E-state index in [1.165, 1.54) is 6.21 Å². The number of rotatable bonds is 5. The lowest BCUT2D eigenvalue weighted by Crippen LogP contribution is -2.32. The van der Waals surface area contributed by atoms with Gasteiger partial charge < -0.3 is 10.1 Å². The molecule has 0 atom stereocenters. The second-order valence-electron chi connectivity index (χ2n) is 5.51. The van der Waals surface area contributed by atoms with Crippen molar-refractivity contribution in [2.24, 2.45) is 5.10 Å². The topological polar surface area (TPSA) is 79.8 Å². The predicted octanol–water partition coefficient (Wildman–Crippen LogP) is 3.57. The van der Waals surface area contributed by atoms with E-state index in [0.717, 1.165) is 5.75 Å². The fourth-order valence-electron chi connectivity index (χ4n) is 2.21. The molecule has 0 unspecified atom stereocenters. The molecule has 0 saturated heterocycles. The van der Waals surface area contributed by atoms with E-state index in [1.54, 1.807) is 36.4 Å². The van der Waals surface area contributed by atoms with Gasteiger partial charge in [-0.25, -0.2) is 5.43 Å². The average molecular weight is 359 g/mol. The van der Waals surface area contributed by atoms with E-state index in [4.69, 9.17) is 4.74 Å². The minimum atomic E-state index is -0.855. The maximum atomic E-state index is 11.8. The highest BCUT2D eigenvalue weighted by molar-refractivity contribution is 6.39. The summed E-state index contributed by atoms with van der Waals surface area (Å²) in [5.41, 5.74) is 3.45. The Balaban J connectivity index is 1.55. The van der Waals surface area contributed by atoms with Crippen LogP contribution in [0, 0.1) is 0 Å². The van der Waals surface area contributed by atoms with E-state index >= 15 is 0 Å². The van der Waals surface area contributed by atoms with Gasteiger partial charge in [-0.15, -0.1) is 0 Å². The Morgan fingerprint density at radius 2 is 1.44 bits per heavy atom. The quantitative estimate of drug-likeness (QED) is 0.415. The summed E-state index contributed by atoms with van der Waals surface area (Å²) in [6, 6.07) is 25.3. The third-order valence-corrected chi connectivity index (χ3v) is 3.45. The van der Waals surface area contributed by atoms with E-state index in [2.05, 4.69) is 15.8 Å². The van der Waals surface area contributed by atoms with Crippen LogP contribution >= 0.6 is 0 Å². The fraction of sp³-hybridized carbons (Fsp3) is 0. The van der Waals surface area contributed by atoms with Crippen LogP contribution in [0.3, 0.4) is 0 Å². The first-order chi connectivity index (χ1) is 13.2. The number of ether oxygens (including phenoxy) is 1. The number of benzene rings is 3. The summed E-state index contributed by atoms with van der Waals surface area (Å²) in [5, 5.41) is 6.29. The van der Waals surface area contributed by atoms with Gasteiger partial charge in [0.15, 0.2) is 0 Å². The maximum absolute atomic E-state index is 11.8. The number of nitrogens with zero attached hydrogens (tertiary/aromatic N) is 1. The number of hydrogen-bond donors (Lipinski definition) is 2. The number of amides is 2. The highest BCUT2D eigenvalue weighted by Gasteiger charge is 2.12. The summed E-state index contributed by atoms with van der Waals surface area (Å²) in [7, 11) is 0. The Bertz CT molecular complexity index is 941. The third-order valence-electron chi connectivity index (χ3n) is 3.45. The number of nitrogens with one attached hydrogen (secondary N) is 2.